The fraction of sp³-hybridized carbons (Fsp3) is 0.300. The molecule has 0 aliphatic rings. The highest BCUT2D eigenvalue weighted by Crippen LogP contribution is 2.07. The molecular weight excluding hydrogens is 164 g/mol. The fourth-order valence-electron chi connectivity index (χ4n) is 0.986. The summed E-state index contributed by atoms with van der Waals surface area (Å²) in [6, 6.07) is 9.52. The molecule has 3 heteroatoms. The summed E-state index contributed by atoms with van der Waals surface area (Å²) in [6.45, 7) is 3.14. The van der Waals surface area contributed by atoms with Crippen molar-refractivity contribution in [3.8, 4) is 6.07 Å². The first-order valence-electron chi connectivity index (χ1n) is 4.21. The second-order valence-electron chi connectivity index (χ2n) is 2.56. The Labute approximate surface area is 77.9 Å². The first kappa shape index (κ1) is 9.72. The van der Waals surface area contributed by atoms with E-state index in [1.54, 1.807) is 6.07 Å². The summed E-state index contributed by atoms with van der Waals surface area (Å²) in [6.07, 6.45) is 0. The van der Waals surface area contributed by atoms with E-state index in [9.17, 15) is 0 Å². The molecule has 0 saturated carbocycles. The van der Waals surface area contributed by atoms with Crippen LogP contribution in [0.1, 0.15) is 18.1 Å². The van der Waals surface area contributed by atoms with E-state index in [1.807, 2.05) is 25.1 Å². The van der Waals surface area contributed by atoms with E-state index < -0.39 is 0 Å². The number of nitriles is 1. The van der Waals surface area contributed by atoms with Gasteiger partial charge in [0, 0.05) is 6.54 Å². The van der Waals surface area contributed by atoms with Gasteiger partial charge < -0.3 is 0 Å². The van der Waals surface area contributed by atoms with E-state index in [4.69, 9.17) is 10.1 Å². The van der Waals surface area contributed by atoms with Crippen molar-refractivity contribution in [1.29, 1.82) is 5.26 Å². The monoisotopic (exact) mass is 176 g/mol. The molecular formula is C10H12N2O. The average Bonchev–Trinajstić information content (AvgIpc) is 2.19. The van der Waals surface area contributed by atoms with E-state index in [-0.39, 0.29) is 0 Å². The smallest absolute Gasteiger partial charge is 0.0995 e. The van der Waals surface area contributed by atoms with Crippen LogP contribution in [0.15, 0.2) is 24.3 Å². The second-order valence-corrected chi connectivity index (χ2v) is 2.56. The summed E-state index contributed by atoms with van der Waals surface area (Å²) < 4.78 is 0. The number of hydroxylamine groups is 1. The van der Waals surface area contributed by atoms with Crippen LogP contribution in [0.3, 0.4) is 0 Å². The maximum absolute atomic E-state index is 8.75. The Hall–Kier alpha value is -1.37. The van der Waals surface area contributed by atoms with E-state index in [0.29, 0.717) is 12.2 Å². The van der Waals surface area contributed by atoms with Crippen molar-refractivity contribution in [2.24, 2.45) is 0 Å². The Balaban J connectivity index is 2.60. The first-order chi connectivity index (χ1) is 6.38. The molecule has 1 N–H and O–H groups in total. The molecule has 0 aliphatic heterocycles. The Bertz CT molecular complexity index is 304. The van der Waals surface area contributed by atoms with Gasteiger partial charge in [-0.05, 0) is 11.6 Å². The van der Waals surface area contributed by atoms with Crippen LogP contribution in [-0.2, 0) is 11.4 Å². The van der Waals surface area contributed by atoms with Crippen molar-refractivity contribution in [2.75, 3.05) is 6.54 Å². The molecule has 13 heavy (non-hydrogen) atoms. The molecule has 0 radical (unpaired) electrons. The Morgan fingerprint density at radius 1 is 1.46 bits per heavy atom. The van der Waals surface area contributed by atoms with Crippen LogP contribution in [-0.4, -0.2) is 6.54 Å². The molecule has 0 fully saturated rings. The molecule has 0 aromatic heterocycles. The van der Waals surface area contributed by atoms with Crippen molar-refractivity contribution in [3.05, 3.63) is 35.4 Å². The Morgan fingerprint density at radius 2 is 2.23 bits per heavy atom. The predicted octanol–water partition coefficient (Wildman–Crippen LogP) is 1.60. The van der Waals surface area contributed by atoms with Crippen molar-refractivity contribution in [2.45, 2.75) is 13.5 Å². The Kier molecular flexibility index (Phi) is 3.97. The normalized spacial score (nSPS) is 9.54. The third-order valence-electron chi connectivity index (χ3n) is 1.61. The lowest BCUT2D eigenvalue weighted by atomic mass is 10.1. The maximum Gasteiger partial charge on any atom is 0.0995 e. The first-order valence-corrected chi connectivity index (χ1v) is 4.21. The summed E-state index contributed by atoms with van der Waals surface area (Å²) in [7, 11) is 0. The van der Waals surface area contributed by atoms with E-state index in [0.717, 1.165) is 12.1 Å². The third-order valence-corrected chi connectivity index (χ3v) is 1.61. The molecule has 0 spiro atoms. The van der Waals surface area contributed by atoms with Gasteiger partial charge in [-0.25, -0.2) is 5.48 Å². The minimum absolute atomic E-state index is 0.428. The van der Waals surface area contributed by atoms with Gasteiger partial charge in [0.15, 0.2) is 0 Å². The summed E-state index contributed by atoms with van der Waals surface area (Å²) in [4.78, 5) is 5.11. The molecule has 0 saturated heterocycles. The zero-order valence-electron chi connectivity index (χ0n) is 7.58. The van der Waals surface area contributed by atoms with Crippen molar-refractivity contribution in [1.82, 2.24) is 5.48 Å². The number of rotatable bonds is 4. The molecule has 0 amide bonds. The largest absolute Gasteiger partial charge is 0.297 e. The molecule has 0 aliphatic carbocycles. The van der Waals surface area contributed by atoms with Gasteiger partial charge in [-0.2, -0.15) is 5.26 Å². The van der Waals surface area contributed by atoms with Crippen LogP contribution < -0.4 is 5.48 Å². The summed E-state index contributed by atoms with van der Waals surface area (Å²) >= 11 is 0. The molecule has 3 nitrogen and oxygen atoms in total. The number of hydrogen-bond donors (Lipinski definition) is 1. The van der Waals surface area contributed by atoms with Crippen LogP contribution >= 0.6 is 0 Å². The maximum atomic E-state index is 8.75. The average molecular weight is 176 g/mol. The van der Waals surface area contributed by atoms with Gasteiger partial charge in [0.1, 0.15) is 0 Å². The number of nitrogens with one attached hydrogen (secondary N) is 1. The van der Waals surface area contributed by atoms with E-state index in [2.05, 4.69) is 11.5 Å². The number of hydrogen-bond acceptors (Lipinski definition) is 3. The highest BCUT2D eigenvalue weighted by molar-refractivity contribution is 5.36. The van der Waals surface area contributed by atoms with Crippen LogP contribution in [0.2, 0.25) is 0 Å². The second kappa shape index (κ2) is 5.31. The molecule has 1 aromatic carbocycles. The van der Waals surface area contributed by atoms with Crippen molar-refractivity contribution in [3.63, 3.8) is 0 Å². The van der Waals surface area contributed by atoms with Gasteiger partial charge in [-0.15, -0.1) is 0 Å². The van der Waals surface area contributed by atoms with Gasteiger partial charge >= 0.3 is 0 Å². The van der Waals surface area contributed by atoms with Crippen LogP contribution in [0.25, 0.3) is 0 Å². The molecule has 1 rings (SSSR count). The van der Waals surface area contributed by atoms with Crippen LogP contribution in [0, 0.1) is 11.3 Å². The molecule has 0 atom stereocenters. The zero-order valence-corrected chi connectivity index (χ0v) is 7.58. The third kappa shape index (κ3) is 2.86. The lowest BCUT2D eigenvalue weighted by Crippen LogP contribution is -2.13. The molecule has 0 heterocycles. The molecule has 1 aromatic rings. The van der Waals surface area contributed by atoms with Gasteiger partial charge in [-0.3, -0.25) is 4.84 Å². The molecule has 68 valence electrons. The van der Waals surface area contributed by atoms with E-state index in [1.165, 1.54) is 0 Å². The van der Waals surface area contributed by atoms with Gasteiger partial charge in [-0.1, -0.05) is 25.1 Å². The highest BCUT2D eigenvalue weighted by Gasteiger charge is 1.99. The SMILES string of the molecule is CCNOCc1ccccc1C#N. The van der Waals surface area contributed by atoms with Gasteiger partial charge in [0.25, 0.3) is 0 Å². The molecule has 0 bridgehead atoms. The highest BCUT2D eigenvalue weighted by atomic mass is 16.6. The predicted molar refractivity (Wildman–Crippen MR) is 49.6 cm³/mol. The minimum Gasteiger partial charge on any atom is -0.297 e. The number of benzene rings is 1. The Morgan fingerprint density at radius 3 is 2.92 bits per heavy atom. The summed E-state index contributed by atoms with van der Waals surface area (Å²) in [5.74, 6) is 0. The topological polar surface area (TPSA) is 45.0 Å². The van der Waals surface area contributed by atoms with E-state index >= 15 is 0 Å². The molecule has 0 unspecified atom stereocenters. The van der Waals surface area contributed by atoms with Crippen LogP contribution in [0.4, 0.5) is 0 Å². The van der Waals surface area contributed by atoms with Crippen molar-refractivity contribution >= 4 is 0 Å². The number of nitrogens with zero attached hydrogens (tertiary/aromatic N) is 1. The quantitative estimate of drug-likeness (QED) is 0.559. The lowest BCUT2D eigenvalue weighted by molar-refractivity contribution is 0.0313. The van der Waals surface area contributed by atoms with Crippen LogP contribution in [0.5, 0.6) is 0 Å². The summed E-state index contributed by atoms with van der Waals surface area (Å²) in [5, 5.41) is 8.75. The lowest BCUT2D eigenvalue weighted by Gasteiger charge is -2.04. The summed E-state index contributed by atoms with van der Waals surface area (Å²) in [5.41, 5.74) is 4.31. The van der Waals surface area contributed by atoms with Gasteiger partial charge in [0.05, 0.1) is 18.2 Å². The standard InChI is InChI=1S/C10H12N2O/c1-2-12-13-8-10-6-4-3-5-9(10)7-11/h3-6,12H,2,8H2,1H3. The zero-order chi connectivity index (χ0) is 9.52. The minimum atomic E-state index is 0.428. The van der Waals surface area contributed by atoms with Gasteiger partial charge in [0.2, 0.25) is 0 Å². The van der Waals surface area contributed by atoms with Crippen molar-refractivity contribution < 1.29 is 4.84 Å². The fourth-order valence-corrected chi connectivity index (χ4v) is 0.986.